The Morgan fingerprint density at radius 2 is 1.63 bits per heavy atom. The number of ether oxygens (including phenoxy) is 1. The number of hydrogen-bond acceptors (Lipinski definition) is 6. The summed E-state index contributed by atoms with van der Waals surface area (Å²) in [5.41, 5.74) is 8.68. The van der Waals surface area contributed by atoms with Gasteiger partial charge in [-0.1, -0.05) is 36.4 Å². The van der Waals surface area contributed by atoms with E-state index in [1.54, 1.807) is 24.5 Å². The molecular weight excluding hydrogens is 444 g/mol. The van der Waals surface area contributed by atoms with Gasteiger partial charge in [-0.05, 0) is 37.3 Å². The van der Waals surface area contributed by atoms with Crippen LogP contribution in [-0.2, 0) is 11.3 Å². The van der Waals surface area contributed by atoms with Crippen LogP contribution in [-0.4, -0.2) is 28.4 Å². The molecule has 5 aromatic rings. The zero-order chi connectivity index (χ0) is 24.2. The number of fused-ring (bicyclic) bond motifs is 2. The summed E-state index contributed by atoms with van der Waals surface area (Å²) in [5, 5.41) is 1.46. The van der Waals surface area contributed by atoms with Gasteiger partial charge in [0.1, 0.15) is 5.58 Å². The summed E-state index contributed by atoms with van der Waals surface area (Å²) in [4.78, 5) is 34.9. The van der Waals surface area contributed by atoms with Crippen molar-refractivity contribution in [2.45, 2.75) is 13.5 Å². The van der Waals surface area contributed by atoms with Crippen molar-refractivity contribution in [3.63, 3.8) is 0 Å². The second-order valence-corrected chi connectivity index (χ2v) is 7.76. The smallest absolute Gasteiger partial charge is 0.305 e. The molecule has 35 heavy (non-hydrogen) atoms. The largest absolute Gasteiger partial charge is 0.450 e. The molecule has 2 aromatic carbocycles. The molecular formula is C27H22N4O4. The highest BCUT2D eigenvalue weighted by atomic mass is 16.5. The van der Waals surface area contributed by atoms with Crippen molar-refractivity contribution in [2.75, 3.05) is 6.61 Å². The van der Waals surface area contributed by atoms with E-state index < -0.39 is 11.8 Å². The predicted molar refractivity (Wildman–Crippen MR) is 131 cm³/mol. The highest BCUT2D eigenvalue weighted by Crippen LogP contribution is 2.27. The van der Waals surface area contributed by atoms with Crippen LogP contribution in [0, 0.1) is 0 Å². The Kier molecular flexibility index (Phi) is 6.19. The van der Waals surface area contributed by atoms with Crippen LogP contribution in [0.15, 0.2) is 83.5 Å². The zero-order valence-corrected chi connectivity index (χ0v) is 18.9. The van der Waals surface area contributed by atoms with Crippen molar-refractivity contribution in [1.82, 2.24) is 20.8 Å². The number of rotatable bonds is 6. The number of benzene rings is 2. The van der Waals surface area contributed by atoms with Gasteiger partial charge in [0.2, 0.25) is 0 Å². The van der Waals surface area contributed by atoms with Crippen molar-refractivity contribution < 1.29 is 18.7 Å². The summed E-state index contributed by atoms with van der Waals surface area (Å²) in [6.45, 7) is 2.59. The Bertz CT molecular complexity index is 1530. The van der Waals surface area contributed by atoms with Gasteiger partial charge < -0.3 is 9.15 Å². The van der Waals surface area contributed by atoms with Crippen LogP contribution in [0.1, 0.15) is 33.4 Å². The second-order valence-electron chi connectivity index (χ2n) is 7.76. The van der Waals surface area contributed by atoms with Gasteiger partial charge in [-0.25, -0.2) is 4.98 Å². The van der Waals surface area contributed by atoms with E-state index in [4.69, 9.17) is 9.15 Å². The van der Waals surface area contributed by atoms with Gasteiger partial charge in [0.05, 0.1) is 23.4 Å². The lowest BCUT2D eigenvalue weighted by Crippen LogP contribution is -2.42. The molecule has 5 rings (SSSR count). The third-order valence-corrected chi connectivity index (χ3v) is 5.58. The van der Waals surface area contributed by atoms with Crippen LogP contribution in [0.5, 0.6) is 0 Å². The Balaban J connectivity index is 1.43. The number of hydrazine groups is 1. The van der Waals surface area contributed by atoms with Crippen molar-refractivity contribution in [3.8, 4) is 11.3 Å². The average Bonchev–Trinajstić information content (AvgIpc) is 3.28. The maximum Gasteiger partial charge on any atom is 0.305 e. The monoisotopic (exact) mass is 466 g/mol. The van der Waals surface area contributed by atoms with Crippen LogP contribution >= 0.6 is 0 Å². The molecule has 0 atom stereocenters. The number of para-hydroxylation sites is 2. The summed E-state index contributed by atoms with van der Waals surface area (Å²) in [6.07, 6.45) is 3.33. The molecule has 0 aliphatic rings. The third-order valence-electron chi connectivity index (χ3n) is 5.58. The van der Waals surface area contributed by atoms with Crippen molar-refractivity contribution in [1.29, 1.82) is 0 Å². The van der Waals surface area contributed by atoms with E-state index in [0.29, 0.717) is 39.9 Å². The van der Waals surface area contributed by atoms with Gasteiger partial charge in [0, 0.05) is 40.9 Å². The Morgan fingerprint density at radius 3 is 2.43 bits per heavy atom. The van der Waals surface area contributed by atoms with Gasteiger partial charge in [-0.15, -0.1) is 0 Å². The molecule has 174 valence electrons. The molecule has 0 aliphatic carbocycles. The molecule has 0 saturated heterocycles. The standard InChI is InChI=1S/C27H22N4O4/c1-2-34-16-21-19-8-4-6-10-24(19)35-25(21)27(33)31-30-26(32)20-15-23(17-11-13-28-14-12-17)29-22-9-5-3-7-18(20)22/h3-15H,2,16H2,1H3,(H,30,32)(H,31,33). The van der Waals surface area contributed by atoms with Crippen LogP contribution in [0.25, 0.3) is 33.1 Å². The number of nitrogens with zero attached hydrogens (tertiary/aromatic N) is 2. The first kappa shape index (κ1) is 22.2. The van der Waals surface area contributed by atoms with Gasteiger partial charge in [-0.3, -0.25) is 25.4 Å². The first-order valence-corrected chi connectivity index (χ1v) is 11.1. The van der Waals surface area contributed by atoms with E-state index >= 15 is 0 Å². The number of hydrogen-bond donors (Lipinski definition) is 2. The molecule has 3 aromatic heterocycles. The van der Waals surface area contributed by atoms with Gasteiger partial charge in [-0.2, -0.15) is 0 Å². The van der Waals surface area contributed by atoms with E-state index in [1.165, 1.54) is 0 Å². The number of carbonyl (C=O) groups excluding carboxylic acids is 2. The van der Waals surface area contributed by atoms with Gasteiger partial charge in [0.15, 0.2) is 5.76 Å². The first-order chi connectivity index (χ1) is 17.2. The summed E-state index contributed by atoms with van der Waals surface area (Å²) in [5.74, 6) is -0.955. The maximum absolute atomic E-state index is 13.2. The predicted octanol–water partition coefficient (Wildman–Crippen LogP) is 4.65. The Morgan fingerprint density at radius 1 is 0.914 bits per heavy atom. The van der Waals surface area contributed by atoms with Crippen molar-refractivity contribution in [3.05, 3.63) is 96.0 Å². The van der Waals surface area contributed by atoms with Crippen molar-refractivity contribution in [2.24, 2.45) is 0 Å². The molecule has 2 N–H and O–H groups in total. The summed E-state index contributed by atoms with van der Waals surface area (Å²) in [7, 11) is 0. The SMILES string of the molecule is CCOCc1c(C(=O)NNC(=O)c2cc(-c3ccncc3)nc3ccccc23)oc2ccccc12. The molecule has 0 aliphatic heterocycles. The molecule has 0 spiro atoms. The Labute approximate surface area is 200 Å². The minimum Gasteiger partial charge on any atom is -0.450 e. The molecule has 8 nitrogen and oxygen atoms in total. The third kappa shape index (κ3) is 4.47. The van der Waals surface area contributed by atoms with Crippen LogP contribution in [0.2, 0.25) is 0 Å². The summed E-state index contributed by atoms with van der Waals surface area (Å²) >= 11 is 0. The molecule has 0 fully saturated rings. The number of furan rings is 1. The number of amides is 2. The molecule has 0 radical (unpaired) electrons. The lowest BCUT2D eigenvalue weighted by molar-refractivity contribution is 0.0826. The van der Waals surface area contributed by atoms with Crippen molar-refractivity contribution >= 4 is 33.7 Å². The van der Waals surface area contributed by atoms with Crippen LogP contribution in [0.3, 0.4) is 0 Å². The second kappa shape index (κ2) is 9.74. The molecule has 0 saturated carbocycles. The van der Waals surface area contributed by atoms with Crippen LogP contribution < -0.4 is 10.9 Å². The van der Waals surface area contributed by atoms with E-state index in [1.807, 2.05) is 61.5 Å². The van der Waals surface area contributed by atoms with E-state index in [2.05, 4.69) is 20.8 Å². The quantitative estimate of drug-likeness (QED) is 0.353. The number of pyridine rings is 2. The minimum atomic E-state index is -0.572. The fourth-order valence-corrected chi connectivity index (χ4v) is 3.90. The van der Waals surface area contributed by atoms with E-state index in [0.717, 1.165) is 10.9 Å². The molecule has 2 amide bonds. The zero-order valence-electron chi connectivity index (χ0n) is 18.9. The fraction of sp³-hybridized carbons (Fsp3) is 0.111. The normalized spacial score (nSPS) is 11.0. The number of carbonyl (C=O) groups is 2. The summed E-state index contributed by atoms with van der Waals surface area (Å²) < 4.78 is 11.3. The average molecular weight is 466 g/mol. The number of nitrogens with one attached hydrogen (secondary N) is 2. The molecule has 0 unspecified atom stereocenters. The van der Waals surface area contributed by atoms with E-state index in [-0.39, 0.29) is 12.4 Å². The topological polar surface area (TPSA) is 106 Å². The summed E-state index contributed by atoms with van der Waals surface area (Å²) in [6, 6.07) is 20.0. The number of aromatic nitrogens is 2. The van der Waals surface area contributed by atoms with Gasteiger partial charge in [0.25, 0.3) is 5.91 Å². The lowest BCUT2D eigenvalue weighted by atomic mass is 10.0. The molecule has 3 heterocycles. The molecule has 0 bridgehead atoms. The highest BCUT2D eigenvalue weighted by molar-refractivity contribution is 6.08. The Hall–Kier alpha value is -4.56. The first-order valence-electron chi connectivity index (χ1n) is 11.1. The lowest BCUT2D eigenvalue weighted by Gasteiger charge is -2.11. The van der Waals surface area contributed by atoms with E-state index in [9.17, 15) is 9.59 Å². The minimum absolute atomic E-state index is 0.0945. The fourth-order valence-electron chi connectivity index (χ4n) is 3.90. The molecule has 8 heteroatoms. The van der Waals surface area contributed by atoms with Gasteiger partial charge >= 0.3 is 5.91 Å². The van der Waals surface area contributed by atoms with Crippen LogP contribution in [0.4, 0.5) is 0 Å². The maximum atomic E-state index is 13.2. The highest BCUT2D eigenvalue weighted by Gasteiger charge is 2.22.